The molecule has 0 spiro atoms. The number of allylic oxidation sites excluding steroid dienone is 3. The molecule has 0 saturated heterocycles. The van der Waals surface area contributed by atoms with Gasteiger partial charge in [0.25, 0.3) is 0 Å². The lowest BCUT2D eigenvalue weighted by Gasteiger charge is -2.24. The van der Waals surface area contributed by atoms with E-state index in [0.29, 0.717) is 50.8 Å². The van der Waals surface area contributed by atoms with E-state index in [1.54, 1.807) is 30.6 Å². The van der Waals surface area contributed by atoms with Crippen molar-refractivity contribution in [2.24, 2.45) is 62.7 Å². The highest BCUT2D eigenvalue weighted by Gasteiger charge is 2.35. The highest BCUT2D eigenvalue weighted by atomic mass is 16.1. The Hall–Kier alpha value is -6.65. The summed E-state index contributed by atoms with van der Waals surface area (Å²) in [6, 6.07) is 9.60. The van der Waals surface area contributed by atoms with Crippen molar-refractivity contribution in [3.63, 3.8) is 0 Å². The van der Waals surface area contributed by atoms with Crippen LogP contribution in [0.1, 0.15) is 29.2 Å². The number of benzene rings is 2. The van der Waals surface area contributed by atoms with Crippen LogP contribution in [0.15, 0.2) is 136 Å². The van der Waals surface area contributed by atoms with Crippen molar-refractivity contribution in [3.8, 4) is 0 Å². The maximum atomic E-state index is 13.5. The van der Waals surface area contributed by atoms with Gasteiger partial charge in [0.2, 0.25) is 0 Å². The number of H-pyrrole nitrogens is 3. The summed E-state index contributed by atoms with van der Waals surface area (Å²) in [6.07, 6.45) is 14.8. The van der Waals surface area contributed by atoms with E-state index < -0.39 is 11.8 Å². The number of hydrogen-bond acceptors (Lipinski definition) is 14. The molecule has 0 bridgehead atoms. The number of nitrogens with zero attached hydrogens (tertiary/aromatic N) is 12. The van der Waals surface area contributed by atoms with Crippen LogP contribution < -0.4 is 16.0 Å². The molecule has 4 aliphatic rings. The lowest BCUT2D eigenvalue weighted by Crippen LogP contribution is -2.31. The van der Waals surface area contributed by atoms with Crippen molar-refractivity contribution in [1.82, 2.24) is 26.2 Å². The van der Waals surface area contributed by atoms with E-state index in [2.05, 4.69) is 82.9 Å². The van der Waals surface area contributed by atoms with Crippen LogP contribution in [0.5, 0.6) is 0 Å². The lowest BCUT2D eigenvalue weighted by molar-refractivity contribution is -0.109. The van der Waals surface area contributed by atoms with Crippen molar-refractivity contribution in [3.05, 3.63) is 106 Å². The maximum absolute atomic E-state index is 13.5. The second kappa shape index (κ2) is 12.3. The van der Waals surface area contributed by atoms with Crippen molar-refractivity contribution in [1.29, 1.82) is 0 Å². The van der Waals surface area contributed by atoms with Crippen LogP contribution in [0.4, 0.5) is 0 Å². The van der Waals surface area contributed by atoms with Crippen LogP contribution in [0.25, 0.3) is 27.7 Å². The van der Waals surface area contributed by atoms with Gasteiger partial charge in [0.05, 0.1) is 47.6 Å². The minimum absolute atomic E-state index is 0.402. The van der Waals surface area contributed by atoms with Gasteiger partial charge >= 0.3 is 0 Å². The van der Waals surface area contributed by atoms with Gasteiger partial charge < -0.3 is 4.79 Å². The quantitative estimate of drug-likeness (QED) is 0.311. The Morgan fingerprint density at radius 1 is 0.867 bits per heavy atom. The molecule has 17 heteroatoms. The number of hydrazone groups is 1. The predicted octanol–water partition coefficient (Wildman–Crippen LogP) is 4.83. The van der Waals surface area contributed by atoms with Gasteiger partial charge in [-0.05, 0) is 73.5 Å². The fourth-order valence-electron chi connectivity index (χ4n) is 5.76. The summed E-state index contributed by atoms with van der Waals surface area (Å²) >= 11 is 0. The third-order valence-electron chi connectivity index (χ3n) is 7.50. The van der Waals surface area contributed by atoms with Crippen molar-refractivity contribution >= 4 is 40.2 Å². The van der Waals surface area contributed by atoms with Crippen LogP contribution in [-0.2, 0) is 4.79 Å². The van der Waals surface area contributed by atoms with Gasteiger partial charge in [-0.15, -0.1) is 25.6 Å². The Labute approximate surface area is 252 Å². The summed E-state index contributed by atoms with van der Waals surface area (Å²) in [6.45, 7) is 0. The highest BCUT2D eigenvalue weighted by Crippen LogP contribution is 2.40. The summed E-state index contributed by atoms with van der Waals surface area (Å²) < 4.78 is 0. The summed E-state index contributed by atoms with van der Waals surface area (Å²) in [5.41, 5.74) is 6.79. The van der Waals surface area contributed by atoms with Crippen LogP contribution in [-0.4, -0.2) is 33.1 Å². The first-order valence-corrected chi connectivity index (χ1v) is 13.7. The molecule has 0 radical (unpaired) electrons. The zero-order valence-electron chi connectivity index (χ0n) is 23.2. The molecule has 4 heterocycles. The molecular weight excluding hydrogens is 576 g/mol. The number of aromatic nitrogens is 4. The molecule has 4 N–H and O–H groups in total. The normalized spacial score (nSPS) is 22.5. The van der Waals surface area contributed by atoms with Crippen LogP contribution >= 0.6 is 0 Å². The molecule has 3 aromatic rings. The van der Waals surface area contributed by atoms with Gasteiger partial charge in [0.1, 0.15) is 6.29 Å². The molecule has 220 valence electrons. The van der Waals surface area contributed by atoms with Gasteiger partial charge in [0, 0.05) is 27.8 Å². The van der Waals surface area contributed by atoms with Crippen molar-refractivity contribution in [2.75, 3.05) is 0 Å². The number of carbonyl (C=O) groups is 1. The summed E-state index contributed by atoms with van der Waals surface area (Å²) in [4.78, 5) is 13.5. The zero-order valence-corrected chi connectivity index (χ0v) is 23.2. The Balaban J connectivity index is 1.76. The molecular formula is C28H22N16O. The van der Waals surface area contributed by atoms with Gasteiger partial charge in [-0.3, -0.25) is 5.10 Å². The minimum Gasteiger partial charge on any atom is -0.303 e. The number of aromatic amines is 3. The van der Waals surface area contributed by atoms with Crippen molar-refractivity contribution in [2.45, 2.75) is 12.3 Å². The molecule has 2 aromatic carbocycles. The van der Waals surface area contributed by atoms with Gasteiger partial charge in [-0.25, -0.2) is 10.4 Å². The van der Waals surface area contributed by atoms with E-state index >= 15 is 0 Å². The SMILES string of the molecule is O=CC1c2c(c(=C3C=CN=NN=N3)c3ccccc3c2=C2C=CN=NN=N2)C(c2ccn[nH][nH][nH]2)=CCC1C1=CC=NNN=N1. The standard InChI is InChI=1S/C28H22N16O/c45-15-20-16(21-7-11-29-37-41-33-21)5-6-19(22-8-12-30-38-42-34-22)27-25(23-9-13-31-39-43-35-23)17-3-1-2-4-18(17)26(28(20)27)24-10-14-32-40-44-36-24/h1-4,6-16,20,34,38,42H,5H2,(H,33,37). The van der Waals surface area contributed by atoms with Gasteiger partial charge in [0.15, 0.2) is 0 Å². The second-order valence-corrected chi connectivity index (χ2v) is 9.79. The number of carbonyl (C=O) groups excluding carboxylic acids is 1. The topological polar surface area (TPSA) is 225 Å². The Kier molecular flexibility index (Phi) is 7.43. The Morgan fingerprint density at radius 2 is 1.62 bits per heavy atom. The molecule has 0 fully saturated rings. The minimum atomic E-state index is -0.759. The number of nitrogens with one attached hydrogen (secondary N) is 4. The van der Waals surface area contributed by atoms with E-state index in [-0.39, 0.29) is 0 Å². The molecule has 3 aliphatic heterocycles. The van der Waals surface area contributed by atoms with E-state index in [9.17, 15) is 4.79 Å². The van der Waals surface area contributed by atoms with Gasteiger partial charge in [-0.1, -0.05) is 35.6 Å². The first-order chi connectivity index (χ1) is 22.3. The van der Waals surface area contributed by atoms with E-state index in [1.165, 1.54) is 12.4 Å². The molecule has 45 heavy (non-hydrogen) atoms. The largest absolute Gasteiger partial charge is 0.303 e. The molecule has 1 aromatic heterocycles. The third kappa shape index (κ3) is 5.13. The molecule has 17 nitrogen and oxygen atoms in total. The Morgan fingerprint density at radius 3 is 2.40 bits per heavy atom. The number of fused-ring (bicyclic) bond motifs is 2. The first-order valence-electron chi connectivity index (χ1n) is 13.7. The fourth-order valence-corrected chi connectivity index (χ4v) is 5.76. The number of rotatable bonds is 3. The van der Waals surface area contributed by atoms with E-state index in [4.69, 9.17) is 0 Å². The Bertz CT molecular complexity index is 2110. The third-order valence-corrected chi connectivity index (χ3v) is 7.50. The second-order valence-electron chi connectivity index (χ2n) is 9.79. The molecule has 7 rings (SSSR count). The molecule has 2 unspecified atom stereocenters. The highest BCUT2D eigenvalue weighted by molar-refractivity contribution is 5.97. The van der Waals surface area contributed by atoms with Gasteiger partial charge in [-0.2, -0.15) is 15.7 Å². The van der Waals surface area contributed by atoms with E-state index in [0.717, 1.165) is 22.6 Å². The zero-order chi connectivity index (χ0) is 30.4. The molecule has 0 saturated carbocycles. The number of aldehydes is 1. The summed E-state index contributed by atoms with van der Waals surface area (Å²) in [5, 5.41) is 60.1. The average Bonchev–Trinajstić information content (AvgIpc) is 3.72. The fraction of sp³-hybridized carbons (Fsp3) is 0.107. The van der Waals surface area contributed by atoms with Crippen LogP contribution in [0.3, 0.4) is 0 Å². The number of hydrogen-bond donors (Lipinski definition) is 4. The lowest BCUT2D eigenvalue weighted by atomic mass is 9.78. The van der Waals surface area contributed by atoms with Crippen LogP contribution in [0.2, 0.25) is 0 Å². The van der Waals surface area contributed by atoms with Crippen molar-refractivity contribution < 1.29 is 4.79 Å². The monoisotopic (exact) mass is 598 g/mol. The molecule has 0 amide bonds. The smallest absolute Gasteiger partial charge is 0.128 e. The summed E-state index contributed by atoms with van der Waals surface area (Å²) in [7, 11) is 0. The maximum Gasteiger partial charge on any atom is 0.128 e. The summed E-state index contributed by atoms with van der Waals surface area (Å²) in [5.74, 6) is -1.22. The van der Waals surface area contributed by atoms with E-state index in [1.807, 2.05) is 36.4 Å². The first kappa shape index (κ1) is 27.2. The molecule has 2 atom stereocenters. The average molecular weight is 599 g/mol. The predicted molar refractivity (Wildman–Crippen MR) is 161 cm³/mol. The molecule has 1 aliphatic carbocycles. The van der Waals surface area contributed by atoms with Crippen LogP contribution in [0, 0.1) is 5.92 Å².